The third-order valence-electron chi connectivity index (χ3n) is 1.90. The van der Waals surface area contributed by atoms with Crippen LogP contribution in [0, 0.1) is 12.7 Å². The Hall–Kier alpha value is -1.58. The van der Waals surface area contributed by atoms with Crippen molar-refractivity contribution < 1.29 is 9.50 Å². The predicted octanol–water partition coefficient (Wildman–Crippen LogP) is 2.48. The van der Waals surface area contributed by atoms with E-state index in [1.165, 1.54) is 6.07 Å². The first-order chi connectivity index (χ1) is 6.65. The number of aliphatic hydroxyl groups excluding tert-OH is 1. The maximum Gasteiger partial charge on any atom is 0.126 e. The maximum absolute atomic E-state index is 13.0. The van der Waals surface area contributed by atoms with E-state index in [9.17, 15) is 9.50 Å². The minimum atomic E-state index is -0.944. The van der Waals surface area contributed by atoms with Gasteiger partial charge in [-0.2, -0.15) is 0 Å². The van der Waals surface area contributed by atoms with Crippen molar-refractivity contribution in [3.8, 4) is 0 Å². The van der Waals surface area contributed by atoms with E-state index in [1.54, 1.807) is 19.1 Å². The quantitative estimate of drug-likeness (QED) is 0.449. The Bertz CT molecular complexity index is 374. The summed E-state index contributed by atoms with van der Waals surface area (Å²) >= 11 is 0. The van der Waals surface area contributed by atoms with Gasteiger partial charge in [-0.1, -0.05) is 17.2 Å². The largest absolute Gasteiger partial charge is 0.388 e. The summed E-state index contributed by atoms with van der Waals surface area (Å²) in [6.45, 7) is 1.55. The van der Waals surface area contributed by atoms with Gasteiger partial charge in [-0.15, -0.1) is 0 Å². The monoisotopic (exact) mass is 195 g/mol. The van der Waals surface area contributed by atoms with Gasteiger partial charge in [0.25, 0.3) is 0 Å². The smallest absolute Gasteiger partial charge is 0.126 e. The van der Waals surface area contributed by atoms with Gasteiger partial charge in [0.2, 0.25) is 0 Å². The van der Waals surface area contributed by atoms with Crippen LogP contribution in [0.1, 0.15) is 17.2 Å². The summed E-state index contributed by atoms with van der Waals surface area (Å²) in [5.41, 5.74) is 8.97. The number of benzene rings is 1. The van der Waals surface area contributed by atoms with E-state index in [0.29, 0.717) is 11.1 Å². The summed E-state index contributed by atoms with van der Waals surface area (Å²) in [4.78, 5) is 2.51. The molecule has 0 saturated heterocycles. The molecule has 0 fully saturated rings. The molecule has 14 heavy (non-hydrogen) atoms. The van der Waals surface area contributed by atoms with Crippen LogP contribution in [-0.2, 0) is 0 Å². The molecule has 1 atom stereocenters. The fourth-order valence-electron chi connectivity index (χ4n) is 1.04. The van der Waals surface area contributed by atoms with Crippen LogP contribution < -0.4 is 0 Å². The van der Waals surface area contributed by atoms with Gasteiger partial charge < -0.3 is 5.11 Å². The Balaban J connectivity index is 2.85. The van der Waals surface area contributed by atoms with E-state index in [4.69, 9.17) is 5.53 Å². The fourth-order valence-corrected chi connectivity index (χ4v) is 1.04. The average molecular weight is 195 g/mol. The number of halogens is 1. The van der Waals surface area contributed by atoms with E-state index in [-0.39, 0.29) is 12.4 Å². The molecule has 4 nitrogen and oxygen atoms in total. The molecule has 1 aromatic rings. The van der Waals surface area contributed by atoms with Crippen LogP contribution in [0.15, 0.2) is 23.3 Å². The number of rotatable bonds is 3. The van der Waals surface area contributed by atoms with Crippen molar-refractivity contribution in [1.29, 1.82) is 0 Å². The molecule has 1 rings (SSSR count). The van der Waals surface area contributed by atoms with Crippen LogP contribution in [-0.4, -0.2) is 11.7 Å². The molecule has 0 saturated carbocycles. The third-order valence-corrected chi connectivity index (χ3v) is 1.90. The molecular weight excluding hydrogens is 185 g/mol. The summed E-state index contributed by atoms with van der Waals surface area (Å²) in [6.07, 6.45) is -0.944. The lowest BCUT2D eigenvalue weighted by atomic mass is 10.1. The first-order valence-corrected chi connectivity index (χ1v) is 4.10. The molecule has 0 heterocycles. The average Bonchev–Trinajstić information content (AvgIpc) is 2.18. The second-order valence-electron chi connectivity index (χ2n) is 2.94. The highest BCUT2D eigenvalue weighted by molar-refractivity contribution is 5.25. The van der Waals surface area contributed by atoms with Crippen molar-refractivity contribution in [2.24, 2.45) is 5.11 Å². The minimum Gasteiger partial charge on any atom is -0.388 e. The van der Waals surface area contributed by atoms with Crippen LogP contribution >= 0.6 is 0 Å². The summed E-state index contributed by atoms with van der Waals surface area (Å²) in [5, 5.41) is 12.6. The molecule has 0 aliphatic carbocycles. The lowest BCUT2D eigenvalue weighted by molar-refractivity contribution is 0.186. The summed E-state index contributed by atoms with van der Waals surface area (Å²) in [7, 11) is 0. The van der Waals surface area contributed by atoms with Crippen LogP contribution in [0.2, 0.25) is 0 Å². The second-order valence-corrected chi connectivity index (χ2v) is 2.94. The highest BCUT2D eigenvalue weighted by Gasteiger charge is 2.07. The van der Waals surface area contributed by atoms with Gasteiger partial charge in [-0.25, -0.2) is 4.39 Å². The van der Waals surface area contributed by atoms with Crippen molar-refractivity contribution in [3.63, 3.8) is 0 Å². The molecule has 0 spiro atoms. The number of aryl methyl sites for hydroxylation is 1. The van der Waals surface area contributed by atoms with E-state index in [2.05, 4.69) is 10.0 Å². The van der Waals surface area contributed by atoms with Gasteiger partial charge >= 0.3 is 0 Å². The zero-order valence-electron chi connectivity index (χ0n) is 7.68. The Morgan fingerprint density at radius 2 is 2.36 bits per heavy atom. The van der Waals surface area contributed by atoms with E-state index in [1.807, 2.05) is 0 Å². The summed E-state index contributed by atoms with van der Waals surface area (Å²) in [5.74, 6) is -0.373. The van der Waals surface area contributed by atoms with Crippen molar-refractivity contribution in [1.82, 2.24) is 0 Å². The van der Waals surface area contributed by atoms with Crippen molar-refractivity contribution in [3.05, 3.63) is 45.6 Å². The van der Waals surface area contributed by atoms with Crippen LogP contribution in [0.4, 0.5) is 4.39 Å². The van der Waals surface area contributed by atoms with Gasteiger partial charge in [0.15, 0.2) is 0 Å². The molecule has 0 radical (unpaired) electrons. The molecule has 1 aromatic carbocycles. The lowest BCUT2D eigenvalue weighted by Crippen LogP contribution is -2.01. The molecule has 74 valence electrons. The van der Waals surface area contributed by atoms with Crippen LogP contribution in [0.3, 0.4) is 0 Å². The van der Waals surface area contributed by atoms with Gasteiger partial charge in [0.1, 0.15) is 5.82 Å². The van der Waals surface area contributed by atoms with E-state index >= 15 is 0 Å². The summed E-state index contributed by atoms with van der Waals surface area (Å²) < 4.78 is 13.0. The first-order valence-electron chi connectivity index (χ1n) is 4.10. The number of nitrogens with zero attached hydrogens (tertiary/aromatic N) is 3. The lowest BCUT2D eigenvalue weighted by Gasteiger charge is -2.08. The number of hydrogen-bond donors (Lipinski definition) is 1. The standard InChI is InChI=1S/C9H10FN3O/c1-6-2-3-7(4-8(6)10)9(14)5-12-13-11/h2-4,9,14H,5H2,1H3/t9-/m1/s1. The van der Waals surface area contributed by atoms with E-state index in [0.717, 1.165) is 0 Å². The predicted molar refractivity (Wildman–Crippen MR) is 50.1 cm³/mol. The molecule has 5 heteroatoms. The molecule has 0 aromatic heterocycles. The fraction of sp³-hybridized carbons (Fsp3) is 0.333. The number of hydrogen-bond acceptors (Lipinski definition) is 2. The van der Waals surface area contributed by atoms with E-state index < -0.39 is 6.10 Å². The SMILES string of the molecule is Cc1ccc([C@H](O)CN=[N+]=[N-])cc1F. The molecule has 0 aliphatic heterocycles. The Labute approximate surface area is 80.6 Å². The summed E-state index contributed by atoms with van der Waals surface area (Å²) in [6, 6.07) is 4.42. The topological polar surface area (TPSA) is 69.0 Å². The van der Waals surface area contributed by atoms with Gasteiger partial charge in [0.05, 0.1) is 12.6 Å². The second kappa shape index (κ2) is 4.60. The highest BCUT2D eigenvalue weighted by atomic mass is 19.1. The molecule has 0 amide bonds. The zero-order valence-corrected chi connectivity index (χ0v) is 7.68. The number of aliphatic hydroxyl groups is 1. The van der Waals surface area contributed by atoms with Crippen LogP contribution in [0.5, 0.6) is 0 Å². The third kappa shape index (κ3) is 2.45. The molecule has 1 N–H and O–H groups in total. The first kappa shape index (κ1) is 10.5. The normalized spacial score (nSPS) is 11.9. The Kier molecular flexibility index (Phi) is 3.45. The number of azide groups is 1. The highest BCUT2D eigenvalue weighted by Crippen LogP contribution is 2.16. The Morgan fingerprint density at radius 3 is 2.93 bits per heavy atom. The van der Waals surface area contributed by atoms with Gasteiger partial charge in [-0.3, -0.25) is 0 Å². The Morgan fingerprint density at radius 1 is 1.64 bits per heavy atom. The zero-order chi connectivity index (χ0) is 10.6. The maximum atomic E-state index is 13.0. The minimum absolute atomic E-state index is 0.0843. The van der Waals surface area contributed by atoms with Crippen molar-refractivity contribution in [2.45, 2.75) is 13.0 Å². The van der Waals surface area contributed by atoms with Gasteiger partial charge in [0, 0.05) is 4.91 Å². The van der Waals surface area contributed by atoms with Crippen molar-refractivity contribution in [2.75, 3.05) is 6.54 Å². The molecular formula is C9H10FN3O. The van der Waals surface area contributed by atoms with Crippen LogP contribution in [0.25, 0.3) is 10.4 Å². The van der Waals surface area contributed by atoms with Crippen molar-refractivity contribution >= 4 is 0 Å². The molecule has 0 bridgehead atoms. The molecule has 0 aliphatic rings. The van der Waals surface area contributed by atoms with Gasteiger partial charge in [-0.05, 0) is 29.6 Å². The molecule has 0 unspecified atom stereocenters.